The molecule has 2 aliphatic rings. The second kappa shape index (κ2) is 3.72. The molecule has 1 aromatic heterocycles. The van der Waals surface area contributed by atoms with Crippen molar-refractivity contribution in [2.45, 2.75) is 45.8 Å². The molecule has 18 heavy (non-hydrogen) atoms. The molecule has 2 aliphatic carbocycles. The molecule has 1 aromatic rings. The van der Waals surface area contributed by atoms with Crippen molar-refractivity contribution in [2.24, 2.45) is 11.3 Å². The average molecular weight is 248 g/mol. The van der Waals surface area contributed by atoms with E-state index in [-0.39, 0.29) is 17.4 Å². The molecule has 2 N–H and O–H groups in total. The van der Waals surface area contributed by atoms with Crippen molar-refractivity contribution in [1.29, 1.82) is 0 Å². The zero-order valence-corrected chi connectivity index (χ0v) is 11.1. The zero-order valence-electron chi connectivity index (χ0n) is 11.1. The summed E-state index contributed by atoms with van der Waals surface area (Å²) < 4.78 is 5.55. The summed E-state index contributed by atoms with van der Waals surface area (Å²) in [7, 11) is 0. The molecule has 0 saturated carbocycles. The van der Waals surface area contributed by atoms with E-state index in [0.717, 1.165) is 23.3 Å². The normalized spacial score (nSPS) is 38.9. The van der Waals surface area contributed by atoms with Gasteiger partial charge in [-0.05, 0) is 24.8 Å². The Labute approximate surface area is 107 Å². The fourth-order valence-electron chi connectivity index (χ4n) is 3.55. The first-order valence-corrected chi connectivity index (χ1v) is 6.58. The van der Waals surface area contributed by atoms with Crippen molar-refractivity contribution >= 4 is 0 Å². The maximum Gasteiger partial charge on any atom is 0.113 e. The monoisotopic (exact) mass is 248 g/mol. The highest BCUT2D eigenvalue weighted by atomic mass is 16.3. The highest BCUT2D eigenvalue weighted by molar-refractivity contribution is 5.42. The van der Waals surface area contributed by atoms with Gasteiger partial charge in [0.25, 0.3) is 0 Å². The second-order valence-corrected chi connectivity index (χ2v) is 5.94. The lowest BCUT2D eigenvalue weighted by molar-refractivity contribution is -0.0437. The van der Waals surface area contributed by atoms with Crippen molar-refractivity contribution in [3.8, 4) is 0 Å². The van der Waals surface area contributed by atoms with E-state index in [2.05, 4.69) is 13.0 Å². The zero-order chi connectivity index (χ0) is 13.1. The van der Waals surface area contributed by atoms with Crippen molar-refractivity contribution in [3.05, 3.63) is 34.8 Å². The molecular formula is C15H20O3. The predicted octanol–water partition coefficient (Wildman–Crippen LogP) is 2.51. The average Bonchev–Trinajstić information content (AvgIpc) is 2.70. The Kier molecular flexibility index (Phi) is 2.48. The van der Waals surface area contributed by atoms with Crippen LogP contribution in [-0.2, 0) is 6.42 Å². The van der Waals surface area contributed by atoms with Crippen LogP contribution in [-0.4, -0.2) is 16.3 Å². The summed E-state index contributed by atoms with van der Waals surface area (Å²) >= 11 is 0. The summed E-state index contributed by atoms with van der Waals surface area (Å²) in [6.45, 7) is 6.06. The van der Waals surface area contributed by atoms with Gasteiger partial charge in [-0.1, -0.05) is 25.5 Å². The molecule has 0 saturated heterocycles. The van der Waals surface area contributed by atoms with Gasteiger partial charge in [0, 0.05) is 17.4 Å². The third-order valence-corrected chi connectivity index (χ3v) is 5.12. The highest BCUT2D eigenvalue weighted by Crippen LogP contribution is 2.55. The second-order valence-electron chi connectivity index (χ2n) is 5.94. The van der Waals surface area contributed by atoms with Gasteiger partial charge in [0.1, 0.15) is 5.76 Å². The van der Waals surface area contributed by atoms with E-state index in [1.807, 2.05) is 13.8 Å². The van der Waals surface area contributed by atoms with Crippen LogP contribution in [0.25, 0.3) is 0 Å². The van der Waals surface area contributed by atoms with Gasteiger partial charge in [-0.25, -0.2) is 0 Å². The largest absolute Gasteiger partial charge is 0.468 e. The number of aliphatic hydroxyl groups is 2. The molecular weight excluding hydrogens is 228 g/mol. The van der Waals surface area contributed by atoms with Crippen LogP contribution in [0.4, 0.5) is 0 Å². The van der Waals surface area contributed by atoms with Gasteiger partial charge >= 0.3 is 0 Å². The minimum atomic E-state index is -0.587. The molecule has 3 heteroatoms. The van der Waals surface area contributed by atoms with E-state index in [0.29, 0.717) is 6.42 Å². The molecule has 1 heterocycles. The van der Waals surface area contributed by atoms with Gasteiger partial charge in [0.05, 0.1) is 18.5 Å². The molecule has 3 rings (SSSR count). The van der Waals surface area contributed by atoms with E-state index in [9.17, 15) is 10.2 Å². The first-order chi connectivity index (χ1) is 8.46. The third kappa shape index (κ3) is 1.32. The number of hydrogen-bond acceptors (Lipinski definition) is 3. The van der Waals surface area contributed by atoms with Crippen molar-refractivity contribution < 1.29 is 14.6 Å². The number of aliphatic hydroxyl groups excluding tert-OH is 2. The van der Waals surface area contributed by atoms with Gasteiger partial charge in [0.15, 0.2) is 0 Å². The van der Waals surface area contributed by atoms with E-state index in [4.69, 9.17) is 4.42 Å². The van der Waals surface area contributed by atoms with E-state index in [1.165, 1.54) is 5.57 Å². The summed E-state index contributed by atoms with van der Waals surface area (Å²) in [5, 5.41) is 20.9. The Morgan fingerprint density at radius 2 is 2.11 bits per heavy atom. The molecule has 98 valence electrons. The summed E-state index contributed by atoms with van der Waals surface area (Å²) in [6.07, 6.45) is 4.27. The number of aryl methyl sites for hydroxylation is 1. The Morgan fingerprint density at radius 1 is 1.39 bits per heavy atom. The lowest BCUT2D eigenvalue weighted by Gasteiger charge is -2.48. The van der Waals surface area contributed by atoms with Crippen LogP contribution in [0.15, 0.2) is 22.3 Å². The van der Waals surface area contributed by atoms with Gasteiger partial charge in [-0.3, -0.25) is 0 Å². The topological polar surface area (TPSA) is 53.6 Å². The Bertz CT molecular complexity index is 514. The van der Waals surface area contributed by atoms with Crippen LogP contribution >= 0.6 is 0 Å². The van der Waals surface area contributed by atoms with Gasteiger partial charge in [0.2, 0.25) is 0 Å². The van der Waals surface area contributed by atoms with Crippen molar-refractivity contribution in [1.82, 2.24) is 0 Å². The molecule has 0 radical (unpaired) electrons. The summed E-state index contributed by atoms with van der Waals surface area (Å²) in [4.78, 5) is 0. The molecule has 0 aliphatic heterocycles. The van der Waals surface area contributed by atoms with E-state index >= 15 is 0 Å². The molecule has 0 fully saturated rings. The number of rotatable bonds is 0. The van der Waals surface area contributed by atoms with Crippen LogP contribution < -0.4 is 0 Å². The predicted molar refractivity (Wildman–Crippen MR) is 68.1 cm³/mol. The maximum atomic E-state index is 10.8. The molecule has 0 bridgehead atoms. The van der Waals surface area contributed by atoms with Gasteiger partial charge in [-0.2, -0.15) is 0 Å². The van der Waals surface area contributed by atoms with Crippen molar-refractivity contribution in [2.75, 3.05) is 0 Å². The summed E-state index contributed by atoms with van der Waals surface area (Å²) in [5.74, 6) is 0.933. The fourth-order valence-corrected chi connectivity index (χ4v) is 3.55. The molecule has 3 nitrogen and oxygen atoms in total. The fraction of sp³-hybridized carbons (Fsp3) is 0.600. The third-order valence-electron chi connectivity index (χ3n) is 5.12. The molecule has 0 spiro atoms. The molecule has 4 atom stereocenters. The Balaban J connectivity index is 2.17. The minimum absolute atomic E-state index is 0.0509. The van der Waals surface area contributed by atoms with Crippen LogP contribution in [0.5, 0.6) is 0 Å². The standard InChI is InChI=1S/C15H20O3/c1-8-7-18-12-6-10-4-5-11(16)9(2)15(10,3)14(17)13(8)12/h4,7,9,11,14,16-17H,5-6H2,1-3H3. The summed E-state index contributed by atoms with van der Waals surface area (Å²) in [6, 6.07) is 0. The summed E-state index contributed by atoms with van der Waals surface area (Å²) in [5.41, 5.74) is 2.76. The van der Waals surface area contributed by atoms with Gasteiger partial charge < -0.3 is 14.6 Å². The number of furan rings is 1. The van der Waals surface area contributed by atoms with Crippen LogP contribution in [0, 0.1) is 18.3 Å². The maximum absolute atomic E-state index is 10.8. The van der Waals surface area contributed by atoms with Gasteiger partial charge in [-0.15, -0.1) is 0 Å². The van der Waals surface area contributed by atoms with Crippen LogP contribution in [0.3, 0.4) is 0 Å². The SMILES string of the molecule is Cc1coc2c1C(O)C1(C)C(=CCC(O)C1C)C2. The smallest absolute Gasteiger partial charge is 0.113 e. The Hall–Kier alpha value is -1.06. The van der Waals surface area contributed by atoms with Crippen LogP contribution in [0.2, 0.25) is 0 Å². The highest BCUT2D eigenvalue weighted by Gasteiger charge is 2.51. The van der Waals surface area contributed by atoms with E-state index in [1.54, 1.807) is 6.26 Å². The molecule has 4 unspecified atom stereocenters. The van der Waals surface area contributed by atoms with Crippen LogP contribution in [0.1, 0.15) is 43.3 Å². The molecule has 0 amide bonds. The number of fused-ring (bicyclic) bond motifs is 2. The molecule has 0 aromatic carbocycles. The quantitative estimate of drug-likeness (QED) is 0.694. The van der Waals surface area contributed by atoms with Crippen molar-refractivity contribution in [3.63, 3.8) is 0 Å². The first kappa shape index (κ1) is 12.0. The first-order valence-electron chi connectivity index (χ1n) is 6.58. The Morgan fingerprint density at radius 3 is 2.83 bits per heavy atom. The number of hydrogen-bond donors (Lipinski definition) is 2. The lowest BCUT2D eigenvalue weighted by atomic mass is 9.58. The lowest BCUT2D eigenvalue weighted by Crippen LogP contribution is -2.45. The van der Waals surface area contributed by atoms with E-state index < -0.39 is 6.10 Å². The minimum Gasteiger partial charge on any atom is -0.468 e.